The number of pyridine rings is 1. The molecule has 38 heavy (non-hydrogen) atoms. The van der Waals surface area contributed by atoms with Crippen LogP contribution in [0.15, 0.2) is 102 Å². The Morgan fingerprint density at radius 3 is 2.21 bits per heavy atom. The fraction of sp³-hybridized carbons (Fsp3) is 0.273. The molecular formula is C33H35NO4. The van der Waals surface area contributed by atoms with Crippen molar-refractivity contribution in [1.29, 1.82) is 0 Å². The molecule has 196 valence electrons. The standard InChI is InChI=1S/C33H35NO4/c1-2-37-31(35)20-11-21-38-30-19-10-13-25(22-30)12-9-18-28-23-29(24-34-33(28)36)32(26-14-5-3-6-15-26)27-16-7-4-8-17-27/h3-8,10,13-17,19,22-24,32H,2,9,11-12,18,20-21H2,1H3,(H,34,36). The van der Waals surface area contributed by atoms with Crippen LogP contribution in [0.25, 0.3) is 0 Å². The third kappa shape index (κ3) is 7.69. The summed E-state index contributed by atoms with van der Waals surface area (Å²) in [5, 5.41) is 0. The van der Waals surface area contributed by atoms with Gasteiger partial charge in [-0.1, -0.05) is 72.8 Å². The average Bonchev–Trinajstić information content (AvgIpc) is 2.94. The summed E-state index contributed by atoms with van der Waals surface area (Å²) >= 11 is 0. The zero-order valence-electron chi connectivity index (χ0n) is 21.9. The number of H-pyrrole nitrogens is 1. The quantitative estimate of drug-likeness (QED) is 0.166. The molecule has 1 N–H and O–H groups in total. The lowest BCUT2D eigenvalue weighted by atomic mass is 9.85. The van der Waals surface area contributed by atoms with Gasteiger partial charge in [-0.25, -0.2) is 0 Å². The van der Waals surface area contributed by atoms with Gasteiger partial charge in [-0.05, 0) is 73.1 Å². The summed E-state index contributed by atoms with van der Waals surface area (Å²) in [4.78, 5) is 27.1. The minimum atomic E-state index is -0.192. The minimum absolute atomic E-state index is 0.0349. The summed E-state index contributed by atoms with van der Waals surface area (Å²) in [6.45, 7) is 2.67. The van der Waals surface area contributed by atoms with Crippen LogP contribution in [0.3, 0.4) is 0 Å². The normalized spacial score (nSPS) is 10.9. The second kappa shape index (κ2) is 14.0. The molecule has 0 atom stereocenters. The van der Waals surface area contributed by atoms with E-state index in [4.69, 9.17) is 9.47 Å². The molecule has 4 rings (SSSR count). The predicted octanol–water partition coefficient (Wildman–Crippen LogP) is 6.45. The highest BCUT2D eigenvalue weighted by atomic mass is 16.5. The Hall–Kier alpha value is -4.12. The van der Waals surface area contributed by atoms with Crippen LogP contribution in [0.2, 0.25) is 0 Å². The number of ether oxygens (including phenoxy) is 2. The van der Waals surface area contributed by atoms with E-state index in [1.807, 2.05) is 36.5 Å². The summed E-state index contributed by atoms with van der Waals surface area (Å²) < 4.78 is 10.8. The van der Waals surface area contributed by atoms with E-state index >= 15 is 0 Å². The Morgan fingerprint density at radius 2 is 1.53 bits per heavy atom. The molecule has 0 bridgehead atoms. The van der Waals surface area contributed by atoms with Crippen LogP contribution in [0, 0.1) is 0 Å². The van der Waals surface area contributed by atoms with E-state index < -0.39 is 0 Å². The molecular weight excluding hydrogens is 474 g/mol. The van der Waals surface area contributed by atoms with Crippen LogP contribution in [0.4, 0.5) is 0 Å². The average molecular weight is 510 g/mol. The number of carbonyl (C=O) groups excluding carboxylic acids is 1. The van der Waals surface area contributed by atoms with Gasteiger partial charge >= 0.3 is 5.97 Å². The Bertz CT molecular complexity index is 1310. The number of hydrogen-bond donors (Lipinski definition) is 1. The second-order valence-electron chi connectivity index (χ2n) is 9.30. The Balaban J connectivity index is 1.39. The molecule has 0 aliphatic carbocycles. The van der Waals surface area contributed by atoms with E-state index in [-0.39, 0.29) is 17.4 Å². The highest BCUT2D eigenvalue weighted by Gasteiger charge is 2.18. The summed E-state index contributed by atoms with van der Waals surface area (Å²) in [6.07, 6.45) is 5.19. The van der Waals surface area contributed by atoms with E-state index in [0.29, 0.717) is 32.5 Å². The van der Waals surface area contributed by atoms with Crippen molar-refractivity contribution in [3.8, 4) is 5.75 Å². The first kappa shape index (κ1) is 26.9. The summed E-state index contributed by atoms with van der Waals surface area (Å²) in [5.74, 6) is 0.646. The highest BCUT2D eigenvalue weighted by Crippen LogP contribution is 2.31. The van der Waals surface area contributed by atoms with Gasteiger partial charge in [0.25, 0.3) is 5.56 Å². The molecule has 0 aliphatic heterocycles. The maximum atomic E-state index is 12.7. The van der Waals surface area contributed by atoms with Gasteiger partial charge < -0.3 is 14.5 Å². The van der Waals surface area contributed by atoms with Gasteiger partial charge in [0.1, 0.15) is 5.75 Å². The monoisotopic (exact) mass is 509 g/mol. The maximum Gasteiger partial charge on any atom is 0.305 e. The number of hydrogen-bond acceptors (Lipinski definition) is 4. The van der Waals surface area contributed by atoms with Gasteiger partial charge in [0, 0.05) is 24.1 Å². The first-order valence-corrected chi connectivity index (χ1v) is 13.3. The fourth-order valence-corrected chi connectivity index (χ4v) is 4.68. The molecule has 4 aromatic rings. The van der Waals surface area contributed by atoms with Crippen LogP contribution >= 0.6 is 0 Å². The SMILES string of the molecule is CCOC(=O)CCCOc1cccc(CCCc2cc(C(c3ccccc3)c3ccccc3)c[nH]c2=O)c1. The molecule has 1 aromatic heterocycles. The summed E-state index contributed by atoms with van der Waals surface area (Å²) in [7, 11) is 0. The molecule has 1 heterocycles. The van der Waals surface area contributed by atoms with Gasteiger partial charge in [0.15, 0.2) is 0 Å². The van der Waals surface area contributed by atoms with Crippen molar-refractivity contribution >= 4 is 5.97 Å². The molecule has 0 spiro atoms. The summed E-state index contributed by atoms with van der Waals surface area (Å²) in [5.41, 5.74) is 5.38. The van der Waals surface area contributed by atoms with E-state index in [1.165, 1.54) is 11.1 Å². The zero-order valence-corrected chi connectivity index (χ0v) is 21.9. The highest BCUT2D eigenvalue weighted by molar-refractivity contribution is 5.69. The molecule has 0 radical (unpaired) electrons. The maximum absolute atomic E-state index is 12.7. The molecule has 0 amide bonds. The first-order valence-electron chi connectivity index (χ1n) is 13.3. The van der Waals surface area contributed by atoms with Gasteiger partial charge in [0.05, 0.1) is 13.2 Å². The van der Waals surface area contributed by atoms with Crippen LogP contribution < -0.4 is 10.3 Å². The zero-order chi connectivity index (χ0) is 26.6. The fourth-order valence-electron chi connectivity index (χ4n) is 4.68. The summed E-state index contributed by atoms with van der Waals surface area (Å²) in [6, 6.07) is 30.9. The number of aryl methyl sites for hydroxylation is 2. The number of benzene rings is 3. The number of aromatic amines is 1. The van der Waals surface area contributed by atoms with Crippen molar-refractivity contribution in [1.82, 2.24) is 4.98 Å². The molecule has 5 heteroatoms. The van der Waals surface area contributed by atoms with Gasteiger partial charge in [-0.3, -0.25) is 9.59 Å². The molecule has 0 unspecified atom stereocenters. The van der Waals surface area contributed by atoms with E-state index in [2.05, 4.69) is 65.6 Å². The Morgan fingerprint density at radius 1 is 0.816 bits per heavy atom. The molecule has 0 saturated heterocycles. The van der Waals surface area contributed by atoms with Crippen LogP contribution in [0.5, 0.6) is 5.75 Å². The third-order valence-electron chi connectivity index (χ3n) is 6.51. The largest absolute Gasteiger partial charge is 0.494 e. The van der Waals surface area contributed by atoms with Crippen LogP contribution in [-0.4, -0.2) is 24.2 Å². The molecule has 5 nitrogen and oxygen atoms in total. The lowest BCUT2D eigenvalue weighted by Crippen LogP contribution is -2.15. The lowest BCUT2D eigenvalue weighted by molar-refractivity contribution is -0.143. The predicted molar refractivity (Wildman–Crippen MR) is 151 cm³/mol. The van der Waals surface area contributed by atoms with Crippen LogP contribution in [-0.2, 0) is 22.4 Å². The topological polar surface area (TPSA) is 68.4 Å². The smallest absolute Gasteiger partial charge is 0.305 e. The minimum Gasteiger partial charge on any atom is -0.494 e. The number of esters is 1. The third-order valence-corrected chi connectivity index (χ3v) is 6.51. The Kier molecular flexibility index (Phi) is 9.91. The van der Waals surface area contributed by atoms with Crippen molar-refractivity contribution < 1.29 is 14.3 Å². The molecule has 0 aliphatic rings. The molecule has 0 saturated carbocycles. The van der Waals surface area contributed by atoms with Crippen molar-refractivity contribution in [2.75, 3.05) is 13.2 Å². The van der Waals surface area contributed by atoms with E-state index in [9.17, 15) is 9.59 Å². The van der Waals surface area contributed by atoms with Crippen molar-refractivity contribution in [3.63, 3.8) is 0 Å². The van der Waals surface area contributed by atoms with Gasteiger partial charge in [-0.15, -0.1) is 0 Å². The van der Waals surface area contributed by atoms with Gasteiger partial charge in [-0.2, -0.15) is 0 Å². The van der Waals surface area contributed by atoms with Gasteiger partial charge in [0.2, 0.25) is 0 Å². The van der Waals surface area contributed by atoms with Crippen molar-refractivity contribution in [2.45, 2.75) is 44.9 Å². The number of nitrogens with one attached hydrogen (secondary N) is 1. The first-order chi connectivity index (χ1) is 18.6. The van der Waals surface area contributed by atoms with E-state index in [1.54, 1.807) is 6.92 Å². The Labute approximate surface area is 224 Å². The molecule has 0 fully saturated rings. The van der Waals surface area contributed by atoms with Crippen LogP contribution in [0.1, 0.15) is 59.9 Å². The van der Waals surface area contributed by atoms with E-state index in [0.717, 1.165) is 35.3 Å². The number of rotatable bonds is 13. The van der Waals surface area contributed by atoms with Crippen molar-refractivity contribution in [3.05, 3.63) is 135 Å². The second-order valence-corrected chi connectivity index (χ2v) is 9.30. The lowest BCUT2D eigenvalue weighted by Gasteiger charge is -2.19. The van der Waals surface area contributed by atoms with Crippen molar-refractivity contribution in [2.24, 2.45) is 0 Å². The molecule has 3 aromatic carbocycles. The number of aromatic nitrogens is 1. The number of carbonyl (C=O) groups is 1.